The van der Waals surface area contributed by atoms with Crippen LogP contribution >= 0.6 is 0 Å². The van der Waals surface area contributed by atoms with Crippen LogP contribution in [0.15, 0.2) is 60.7 Å². The summed E-state index contributed by atoms with van der Waals surface area (Å²) in [6.07, 6.45) is 0. The van der Waals surface area contributed by atoms with Crippen molar-refractivity contribution in [1.82, 2.24) is 0 Å². The van der Waals surface area contributed by atoms with Crippen molar-refractivity contribution in [2.24, 2.45) is 0 Å². The van der Waals surface area contributed by atoms with Gasteiger partial charge in [-0.05, 0) is 47.0 Å². The molecular weight excluding hydrogens is 411 g/mol. The van der Waals surface area contributed by atoms with Gasteiger partial charge in [-0.25, -0.2) is 4.79 Å². The van der Waals surface area contributed by atoms with E-state index < -0.39 is 12.6 Å². The minimum Gasteiger partial charge on any atom is -0.540 e. The second-order valence-corrected chi connectivity index (χ2v) is 6.76. The third-order valence-corrected chi connectivity index (χ3v) is 4.78. The molecule has 0 spiro atoms. The highest BCUT2D eigenvalue weighted by molar-refractivity contribution is 6.11. The topological polar surface area (TPSA) is 83.5 Å². The summed E-state index contributed by atoms with van der Waals surface area (Å²) in [4.78, 5) is 12.4. The van der Waals surface area contributed by atoms with Gasteiger partial charge in [-0.15, -0.1) is 0 Å². The van der Waals surface area contributed by atoms with Crippen molar-refractivity contribution in [1.29, 1.82) is 0 Å². The van der Waals surface area contributed by atoms with E-state index in [1.807, 2.05) is 36.4 Å². The molecule has 2 radical (unpaired) electrons. The Balaban J connectivity index is 1.88. The highest BCUT2D eigenvalue weighted by atomic mass is 16.5. The lowest BCUT2D eigenvalue weighted by Crippen LogP contribution is -2.12. The summed E-state index contributed by atoms with van der Waals surface area (Å²) < 4.78 is 26.7. The van der Waals surface area contributed by atoms with Crippen LogP contribution in [0.1, 0.15) is 27.0 Å². The molecule has 0 unspecified atom stereocenters. The van der Waals surface area contributed by atoms with Crippen LogP contribution in [0.4, 0.5) is 0 Å². The Morgan fingerprint density at radius 2 is 1.34 bits per heavy atom. The van der Waals surface area contributed by atoms with E-state index in [4.69, 9.17) is 27.0 Å². The number of methoxy groups -OCH3 is 2. The SMILES string of the molecule is [B]OC(=O)c1c(CO)ccc(OCc2ccc(OC)cc2)c1OCc1ccc(OC)cc1. The molecule has 0 heterocycles. The molecule has 0 aliphatic heterocycles. The molecule has 0 saturated heterocycles. The fourth-order valence-corrected chi connectivity index (χ4v) is 3.04. The van der Waals surface area contributed by atoms with Gasteiger partial charge in [0.15, 0.2) is 11.5 Å². The second kappa shape index (κ2) is 11.1. The quantitative estimate of drug-likeness (QED) is 0.489. The summed E-state index contributed by atoms with van der Waals surface area (Å²) in [5.74, 6) is 1.06. The van der Waals surface area contributed by atoms with Gasteiger partial charge < -0.3 is 28.7 Å². The zero-order valence-corrected chi connectivity index (χ0v) is 17.9. The summed E-state index contributed by atoms with van der Waals surface area (Å²) >= 11 is 0. The molecule has 0 aliphatic carbocycles. The smallest absolute Gasteiger partial charge is 0.378 e. The Kier molecular flexibility index (Phi) is 7.99. The first-order valence-corrected chi connectivity index (χ1v) is 9.78. The lowest BCUT2D eigenvalue weighted by Gasteiger charge is -2.18. The molecule has 3 rings (SSSR count). The minimum absolute atomic E-state index is 0.00995. The number of hydrogen-bond donors (Lipinski definition) is 1. The normalized spacial score (nSPS) is 10.3. The highest BCUT2D eigenvalue weighted by Crippen LogP contribution is 2.36. The summed E-state index contributed by atoms with van der Waals surface area (Å²) in [5, 5.41) is 9.71. The first-order valence-electron chi connectivity index (χ1n) is 9.78. The molecule has 8 heteroatoms. The summed E-state index contributed by atoms with van der Waals surface area (Å²) in [7, 11) is 8.31. The molecule has 0 atom stereocenters. The number of hydrogen-bond acceptors (Lipinski definition) is 7. The predicted molar refractivity (Wildman–Crippen MR) is 118 cm³/mol. The molecule has 3 aromatic carbocycles. The van der Waals surface area contributed by atoms with Gasteiger partial charge in [-0.1, -0.05) is 30.3 Å². The molecule has 0 aromatic heterocycles. The first-order chi connectivity index (χ1) is 15.6. The average molecular weight is 434 g/mol. The number of benzene rings is 3. The van der Waals surface area contributed by atoms with Gasteiger partial charge in [0.1, 0.15) is 30.3 Å². The monoisotopic (exact) mass is 434 g/mol. The molecule has 0 bridgehead atoms. The lowest BCUT2D eigenvalue weighted by atomic mass is 10.1. The van der Waals surface area contributed by atoms with Gasteiger partial charge in [0.05, 0.1) is 20.8 Å². The van der Waals surface area contributed by atoms with E-state index in [-0.39, 0.29) is 24.5 Å². The molecule has 0 fully saturated rings. The van der Waals surface area contributed by atoms with Crippen molar-refractivity contribution in [3.63, 3.8) is 0 Å². The average Bonchev–Trinajstić information content (AvgIpc) is 2.86. The molecule has 0 saturated carbocycles. The van der Waals surface area contributed by atoms with E-state index >= 15 is 0 Å². The van der Waals surface area contributed by atoms with Crippen LogP contribution in [0.3, 0.4) is 0 Å². The molecule has 7 nitrogen and oxygen atoms in total. The van der Waals surface area contributed by atoms with Crippen molar-refractivity contribution in [2.45, 2.75) is 19.8 Å². The maximum absolute atomic E-state index is 12.4. The van der Waals surface area contributed by atoms with Gasteiger partial charge >= 0.3 is 14.0 Å². The van der Waals surface area contributed by atoms with E-state index in [0.29, 0.717) is 17.1 Å². The van der Waals surface area contributed by atoms with Gasteiger partial charge in [0.25, 0.3) is 0 Å². The Bertz CT molecular complexity index is 1030. The van der Waals surface area contributed by atoms with Gasteiger partial charge in [0, 0.05) is 0 Å². The number of carbonyl (C=O) groups excluding carboxylic acids is 1. The third-order valence-electron chi connectivity index (χ3n) is 4.78. The van der Waals surface area contributed by atoms with Crippen LogP contribution < -0.4 is 18.9 Å². The van der Waals surface area contributed by atoms with Crippen molar-refractivity contribution in [3.05, 3.63) is 82.9 Å². The second-order valence-electron chi connectivity index (χ2n) is 6.76. The van der Waals surface area contributed by atoms with E-state index in [2.05, 4.69) is 4.65 Å². The standard InChI is InChI=1S/C24H23BO7/c1-28-19-8-3-16(4-9-19)14-30-21-12-7-18(13-26)22(24(27)32-25)23(21)31-15-17-5-10-20(29-2)11-6-17/h3-12,26H,13-15H2,1-2H3. The van der Waals surface area contributed by atoms with Crippen molar-refractivity contribution in [2.75, 3.05) is 14.2 Å². The van der Waals surface area contributed by atoms with Crippen molar-refractivity contribution >= 4 is 14.0 Å². The first kappa shape index (κ1) is 23.0. The zero-order chi connectivity index (χ0) is 22.9. The van der Waals surface area contributed by atoms with E-state index in [0.717, 1.165) is 16.9 Å². The number of rotatable bonds is 10. The van der Waals surface area contributed by atoms with Crippen LogP contribution in [0.2, 0.25) is 0 Å². The molecule has 0 aliphatic rings. The third kappa shape index (κ3) is 5.53. The van der Waals surface area contributed by atoms with E-state index in [1.165, 1.54) is 0 Å². The predicted octanol–water partition coefficient (Wildman–Crippen LogP) is 3.59. The maximum Gasteiger partial charge on any atom is 0.378 e. The Morgan fingerprint density at radius 1 is 0.812 bits per heavy atom. The van der Waals surface area contributed by atoms with E-state index in [9.17, 15) is 9.90 Å². The zero-order valence-electron chi connectivity index (χ0n) is 17.9. The van der Waals surface area contributed by atoms with Crippen molar-refractivity contribution < 1.29 is 33.5 Å². The number of aliphatic hydroxyl groups excluding tert-OH is 1. The van der Waals surface area contributed by atoms with E-state index in [1.54, 1.807) is 38.5 Å². The molecule has 32 heavy (non-hydrogen) atoms. The van der Waals surface area contributed by atoms with Gasteiger partial charge in [-0.3, -0.25) is 0 Å². The fourth-order valence-electron chi connectivity index (χ4n) is 3.04. The van der Waals surface area contributed by atoms with Crippen LogP contribution in [-0.2, 0) is 24.5 Å². The Labute approximate surface area is 187 Å². The lowest BCUT2D eigenvalue weighted by molar-refractivity contribution is 0.0739. The largest absolute Gasteiger partial charge is 0.540 e. The molecule has 0 amide bonds. The minimum atomic E-state index is -0.839. The molecular formula is C24H23BO7. The van der Waals surface area contributed by atoms with Crippen LogP contribution in [0, 0.1) is 0 Å². The van der Waals surface area contributed by atoms with Gasteiger partial charge in [-0.2, -0.15) is 0 Å². The van der Waals surface area contributed by atoms with Crippen LogP contribution in [0.5, 0.6) is 23.0 Å². The van der Waals surface area contributed by atoms with Gasteiger partial charge in [0.2, 0.25) is 0 Å². The summed E-state index contributed by atoms with van der Waals surface area (Å²) in [5.41, 5.74) is 2.05. The number of aliphatic hydroxyl groups is 1. The summed E-state index contributed by atoms with van der Waals surface area (Å²) in [6, 6.07) is 17.9. The number of ether oxygens (including phenoxy) is 4. The molecule has 164 valence electrons. The highest BCUT2D eigenvalue weighted by Gasteiger charge is 2.22. The summed E-state index contributed by atoms with van der Waals surface area (Å²) in [6.45, 7) is -0.0385. The van der Waals surface area contributed by atoms with Crippen LogP contribution in [0.25, 0.3) is 0 Å². The Hall–Kier alpha value is -3.65. The fraction of sp³-hybridized carbons (Fsp3) is 0.208. The molecule has 3 aromatic rings. The molecule has 1 N–H and O–H groups in total. The maximum atomic E-state index is 12.4. The Morgan fingerprint density at radius 3 is 1.81 bits per heavy atom. The van der Waals surface area contributed by atoms with Crippen LogP contribution in [-0.4, -0.2) is 33.3 Å². The number of carbonyl (C=O) groups is 1. The van der Waals surface area contributed by atoms with Crippen molar-refractivity contribution in [3.8, 4) is 23.0 Å².